The molecule has 0 radical (unpaired) electrons. The second-order valence-electron chi connectivity index (χ2n) is 4.21. The van der Waals surface area contributed by atoms with Crippen molar-refractivity contribution in [3.8, 4) is 0 Å². The lowest BCUT2D eigenvalue weighted by molar-refractivity contribution is 0.504. The Hall–Kier alpha value is 0.570. The third-order valence-corrected chi connectivity index (χ3v) is 7.77. The van der Waals surface area contributed by atoms with Crippen LogP contribution in [0.5, 0.6) is 0 Å². The van der Waals surface area contributed by atoms with E-state index < -0.39 is 21.1 Å². The lowest BCUT2D eigenvalue weighted by Gasteiger charge is -2.27. The first-order chi connectivity index (χ1) is 7.92. The second kappa shape index (κ2) is 5.28. The van der Waals surface area contributed by atoms with Gasteiger partial charge in [-0.2, -0.15) is 0 Å². The third-order valence-electron chi connectivity index (χ3n) is 3.07. The Morgan fingerprint density at radius 1 is 1.41 bits per heavy atom. The summed E-state index contributed by atoms with van der Waals surface area (Å²) in [6.07, 6.45) is 2.38. The van der Waals surface area contributed by atoms with Crippen molar-refractivity contribution in [3.63, 3.8) is 0 Å². The largest absolute Gasteiger partial charge is 0.323 e. The van der Waals surface area contributed by atoms with Crippen LogP contribution < -0.4 is 5.73 Å². The van der Waals surface area contributed by atoms with Crippen LogP contribution in [0.1, 0.15) is 30.9 Å². The molecule has 96 valence electrons. The third kappa shape index (κ3) is 2.94. The molecule has 0 aromatic carbocycles. The van der Waals surface area contributed by atoms with Crippen LogP contribution in [0.2, 0.25) is 0 Å². The predicted octanol–water partition coefficient (Wildman–Crippen LogP) is 3.24. The summed E-state index contributed by atoms with van der Waals surface area (Å²) in [4.78, 5) is 0. The average molecular weight is 403 g/mol. The van der Waals surface area contributed by atoms with Crippen molar-refractivity contribution in [2.24, 2.45) is 5.73 Å². The van der Waals surface area contributed by atoms with Gasteiger partial charge in [0, 0.05) is 6.04 Å². The maximum atomic E-state index is 12.0. The Morgan fingerprint density at radius 3 is 2.65 bits per heavy atom. The van der Waals surface area contributed by atoms with Gasteiger partial charge in [0.25, 0.3) is 0 Å². The molecule has 1 aromatic heterocycles. The monoisotopic (exact) mass is 401 g/mol. The number of hydrogen-bond acceptors (Lipinski definition) is 4. The zero-order valence-corrected chi connectivity index (χ0v) is 13.8. The summed E-state index contributed by atoms with van der Waals surface area (Å²) in [5, 5.41) is -0.436. The Morgan fingerprint density at radius 2 is 2.12 bits per heavy atom. The molecule has 0 amide bonds. The van der Waals surface area contributed by atoms with Gasteiger partial charge in [0.2, 0.25) is 0 Å². The van der Waals surface area contributed by atoms with E-state index in [1.807, 2.05) is 6.07 Å². The first-order valence-electron chi connectivity index (χ1n) is 5.33. The quantitative estimate of drug-likeness (QED) is 0.825. The summed E-state index contributed by atoms with van der Waals surface area (Å²) in [5.41, 5.74) is 7.02. The van der Waals surface area contributed by atoms with E-state index in [4.69, 9.17) is 5.73 Å². The average Bonchev–Trinajstić information content (AvgIpc) is 2.56. The molecule has 2 rings (SSSR count). The first-order valence-corrected chi connectivity index (χ1v) is 9.45. The van der Waals surface area contributed by atoms with Gasteiger partial charge in [-0.25, -0.2) is 8.42 Å². The Labute approximate surface area is 122 Å². The molecule has 2 N–H and O–H groups in total. The van der Waals surface area contributed by atoms with Crippen LogP contribution in [0.15, 0.2) is 13.6 Å². The number of hydrogen-bond donors (Lipinski definition) is 1. The minimum atomic E-state index is -3.03. The molecule has 1 aliphatic rings. The highest BCUT2D eigenvalue weighted by Crippen LogP contribution is 2.38. The molecule has 1 saturated heterocycles. The summed E-state index contributed by atoms with van der Waals surface area (Å²) < 4.78 is 25.9. The molecule has 0 saturated carbocycles. The SMILES string of the molecule is NC(c1cc(Br)sc1Br)C1CCCCS1(=O)=O. The fourth-order valence-electron chi connectivity index (χ4n) is 2.16. The molecule has 2 unspecified atom stereocenters. The smallest absolute Gasteiger partial charge is 0.155 e. The van der Waals surface area contributed by atoms with Gasteiger partial charge in [-0.1, -0.05) is 6.42 Å². The summed E-state index contributed by atoms with van der Waals surface area (Å²) in [6.45, 7) is 0. The number of nitrogens with two attached hydrogens (primary N) is 1. The molecule has 7 heteroatoms. The zero-order chi connectivity index (χ0) is 12.6. The van der Waals surface area contributed by atoms with E-state index in [0.29, 0.717) is 6.42 Å². The molecule has 17 heavy (non-hydrogen) atoms. The maximum absolute atomic E-state index is 12.0. The lowest BCUT2D eigenvalue weighted by atomic mass is 10.0. The number of sulfone groups is 1. The highest BCUT2D eigenvalue weighted by Gasteiger charge is 2.35. The van der Waals surface area contributed by atoms with Crippen LogP contribution in [-0.4, -0.2) is 19.4 Å². The summed E-state index contributed by atoms with van der Waals surface area (Å²) in [6, 6.07) is 1.47. The minimum absolute atomic E-state index is 0.272. The van der Waals surface area contributed by atoms with Gasteiger partial charge >= 0.3 is 0 Å². The fraction of sp³-hybridized carbons (Fsp3) is 0.600. The molecular formula is C10H13Br2NO2S2. The lowest BCUT2D eigenvalue weighted by Crippen LogP contribution is -2.37. The van der Waals surface area contributed by atoms with Gasteiger partial charge in [0.05, 0.1) is 18.6 Å². The highest BCUT2D eigenvalue weighted by molar-refractivity contribution is 9.12. The molecule has 0 bridgehead atoms. The van der Waals surface area contributed by atoms with Crippen molar-refractivity contribution in [2.75, 3.05) is 5.75 Å². The van der Waals surface area contributed by atoms with Gasteiger partial charge in [0.15, 0.2) is 9.84 Å². The molecule has 1 aromatic rings. The van der Waals surface area contributed by atoms with Crippen molar-refractivity contribution in [1.29, 1.82) is 0 Å². The molecule has 2 atom stereocenters. The number of thiophene rings is 1. The molecule has 2 heterocycles. The molecule has 1 aliphatic heterocycles. The van der Waals surface area contributed by atoms with Crippen LogP contribution >= 0.6 is 43.2 Å². The predicted molar refractivity (Wildman–Crippen MR) is 78.1 cm³/mol. The normalized spacial score (nSPS) is 25.7. The molecular weight excluding hydrogens is 390 g/mol. The highest BCUT2D eigenvalue weighted by atomic mass is 79.9. The van der Waals surface area contributed by atoms with Crippen LogP contribution in [0.3, 0.4) is 0 Å². The van der Waals surface area contributed by atoms with Gasteiger partial charge in [-0.3, -0.25) is 0 Å². The van der Waals surface area contributed by atoms with Gasteiger partial charge in [-0.15, -0.1) is 11.3 Å². The van der Waals surface area contributed by atoms with Crippen LogP contribution in [-0.2, 0) is 9.84 Å². The number of halogens is 2. The van der Waals surface area contributed by atoms with Crippen molar-refractivity contribution < 1.29 is 8.42 Å². The topological polar surface area (TPSA) is 60.2 Å². The zero-order valence-electron chi connectivity index (χ0n) is 9.03. The molecule has 1 fully saturated rings. The molecule has 3 nitrogen and oxygen atoms in total. The van der Waals surface area contributed by atoms with Gasteiger partial charge in [0.1, 0.15) is 0 Å². The minimum Gasteiger partial charge on any atom is -0.323 e. The van der Waals surface area contributed by atoms with E-state index in [9.17, 15) is 8.42 Å². The van der Waals surface area contributed by atoms with Crippen molar-refractivity contribution >= 4 is 53.0 Å². The van der Waals surface area contributed by atoms with Gasteiger partial charge < -0.3 is 5.73 Å². The van der Waals surface area contributed by atoms with E-state index in [-0.39, 0.29) is 5.75 Å². The van der Waals surface area contributed by atoms with E-state index in [2.05, 4.69) is 31.9 Å². The van der Waals surface area contributed by atoms with Crippen LogP contribution in [0, 0.1) is 0 Å². The first kappa shape index (κ1) is 14.0. The summed E-state index contributed by atoms with van der Waals surface area (Å²) in [7, 11) is -3.03. The Kier molecular flexibility index (Phi) is 4.35. The maximum Gasteiger partial charge on any atom is 0.155 e. The summed E-state index contributed by atoms with van der Waals surface area (Å²) >= 11 is 8.34. The summed E-state index contributed by atoms with van der Waals surface area (Å²) in [5.74, 6) is 0.272. The standard InChI is InChI=1S/C10H13Br2NO2S2/c11-8-5-6(10(12)16-8)9(13)7-3-1-2-4-17(7,14)15/h5,7,9H,1-4,13H2. The van der Waals surface area contributed by atoms with Crippen molar-refractivity contribution in [3.05, 3.63) is 19.2 Å². The van der Waals surface area contributed by atoms with E-state index in [1.54, 1.807) is 0 Å². The second-order valence-corrected chi connectivity index (χ2v) is 10.3. The van der Waals surface area contributed by atoms with E-state index in [0.717, 1.165) is 26.0 Å². The Balaban J connectivity index is 2.31. The van der Waals surface area contributed by atoms with Gasteiger partial charge in [-0.05, 0) is 56.3 Å². The number of rotatable bonds is 2. The Bertz CT molecular complexity index is 512. The van der Waals surface area contributed by atoms with Crippen LogP contribution in [0.4, 0.5) is 0 Å². The van der Waals surface area contributed by atoms with E-state index in [1.165, 1.54) is 11.3 Å². The fourth-order valence-corrected chi connectivity index (χ4v) is 7.15. The van der Waals surface area contributed by atoms with Crippen LogP contribution in [0.25, 0.3) is 0 Å². The van der Waals surface area contributed by atoms with E-state index >= 15 is 0 Å². The molecule has 0 aliphatic carbocycles. The van der Waals surface area contributed by atoms with Crippen molar-refractivity contribution in [1.82, 2.24) is 0 Å². The van der Waals surface area contributed by atoms with Crippen molar-refractivity contribution in [2.45, 2.75) is 30.6 Å². The molecule has 0 spiro atoms.